The molecular formula is C13H17Cl3F2N2. The second-order valence-corrected chi connectivity index (χ2v) is 5.44. The Bertz CT molecular complexity index is 426. The fraction of sp³-hybridized carbons (Fsp3) is 0.538. The molecule has 1 atom stereocenters. The van der Waals surface area contributed by atoms with E-state index < -0.39 is 6.43 Å². The normalized spacial score (nSPS) is 17.9. The highest BCUT2D eigenvalue weighted by Gasteiger charge is 2.26. The molecule has 0 saturated carbocycles. The number of nitrogens with zero attached hydrogens (tertiary/aromatic N) is 1. The van der Waals surface area contributed by atoms with Gasteiger partial charge in [-0.05, 0) is 17.7 Å². The minimum absolute atomic E-state index is 0. The number of nitrogens with one attached hydrogen (secondary N) is 1. The topological polar surface area (TPSA) is 15.3 Å². The third kappa shape index (κ3) is 4.71. The highest BCUT2D eigenvalue weighted by molar-refractivity contribution is 6.35. The molecule has 7 heteroatoms. The van der Waals surface area contributed by atoms with E-state index in [1.807, 2.05) is 0 Å². The maximum atomic E-state index is 12.8. The van der Waals surface area contributed by atoms with E-state index in [1.54, 1.807) is 18.2 Å². The number of benzene rings is 1. The standard InChI is InChI=1S/C13H16Cl2F2N2.ClH/c14-9-1-2-10(11(15)7-9)12(8-13(16)17)19-5-3-18-4-6-19;/h1-2,7,12-13,18H,3-6,8H2;1H/t12-;/m0./s1. The predicted octanol–water partition coefficient (Wildman–Crippen LogP) is 4.02. The molecule has 1 aliphatic heterocycles. The molecule has 2 rings (SSSR count). The summed E-state index contributed by atoms with van der Waals surface area (Å²) in [5.41, 5.74) is 0.730. The predicted molar refractivity (Wildman–Crippen MR) is 81.5 cm³/mol. The lowest BCUT2D eigenvalue weighted by Crippen LogP contribution is -2.45. The fourth-order valence-electron chi connectivity index (χ4n) is 2.41. The Labute approximate surface area is 133 Å². The zero-order valence-electron chi connectivity index (χ0n) is 10.8. The van der Waals surface area contributed by atoms with Gasteiger partial charge < -0.3 is 5.32 Å². The first-order chi connectivity index (χ1) is 9.08. The summed E-state index contributed by atoms with van der Waals surface area (Å²) in [4.78, 5) is 2.05. The monoisotopic (exact) mass is 344 g/mol. The van der Waals surface area contributed by atoms with Gasteiger partial charge in [0.25, 0.3) is 0 Å². The van der Waals surface area contributed by atoms with E-state index in [-0.39, 0.29) is 24.9 Å². The van der Waals surface area contributed by atoms with Gasteiger partial charge in [-0.25, -0.2) is 8.78 Å². The van der Waals surface area contributed by atoms with Crippen LogP contribution in [0.5, 0.6) is 0 Å². The van der Waals surface area contributed by atoms with Crippen LogP contribution in [0.2, 0.25) is 10.0 Å². The van der Waals surface area contributed by atoms with Gasteiger partial charge in [0.1, 0.15) is 0 Å². The van der Waals surface area contributed by atoms with Crippen LogP contribution in [0.15, 0.2) is 18.2 Å². The average molecular weight is 346 g/mol. The third-order valence-corrected chi connectivity index (χ3v) is 3.88. The second kappa shape index (κ2) is 8.35. The van der Waals surface area contributed by atoms with Crippen LogP contribution in [0, 0.1) is 0 Å². The summed E-state index contributed by atoms with van der Waals surface area (Å²) in [5, 5.41) is 4.19. The molecule has 0 aliphatic carbocycles. The minimum atomic E-state index is -2.35. The van der Waals surface area contributed by atoms with Crippen molar-refractivity contribution in [2.75, 3.05) is 26.2 Å². The van der Waals surface area contributed by atoms with Crippen molar-refractivity contribution in [2.45, 2.75) is 18.9 Å². The molecule has 1 fully saturated rings. The van der Waals surface area contributed by atoms with Gasteiger partial charge in [-0.2, -0.15) is 0 Å². The lowest BCUT2D eigenvalue weighted by Gasteiger charge is -2.35. The van der Waals surface area contributed by atoms with Crippen LogP contribution in [0.1, 0.15) is 18.0 Å². The highest BCUT2D eigenvalue weighted by atomic mass is 35.5. The molecule has 0 aromatic heterocycles. The molecule has 0 bridgehead atoms. The molecule has 1 aromatic rings. The molecule has 0 spiro atoms. The van der Waals surface area contributed by atoms with Crippen LogP contribution in [0.4, 0.5) is 8.78 Å². The summed E-state index contributed by atoms with van der Waals surface area (Å²) in [5.74, 6) is 0. The van der Waals surface area contributed by atoms with Crippen molar-refractivity contribution in [2.24, 2.45) is 0 Å². The van der Waals surface area contributed by atoms with Crippen molar-refractivity contribution >= 4 is 35.6 Å². The Balaban J connectivity index is 0.00000200. The Morgan fingerprint density at radius 1 is 1.20 bits per heavy atom. The van der Waals surface area contributed by atoms with Gasteiger partial charge in [0, 0.05) is 48.7 Å². The number of hydrogen-bond acceptors (Lipinski definition) is 2. The summed E-state index contributed by atoms with van der Waals surface area (Å²) in [6.07, 6.45) is -2.56. The molecule has 114 valence electrons. The van der Waals surface area contributed by atoms with E-state index in [0.717, 1.165) is 31.7 Å². The SMILES string of the molecule is Cl.FC(F)C[C@@H](c1ccc(Cl)cc1Cl)N1CCNCC1. The Kier molecular flexibility index (Phi) is 7.48. The van der Waals surface area contributed by atoms with Crippen LogP contribution in [0.3, 0.4) is 0 Å². The van der Waals surface area contributed by atoms with Crippen molar-refractivity contribution in [1.29, 1.82) is 0 Å². The van der Waals surface area contributed by atoms with Crippen molar-refractivity contribution in [3.8, 4) is 0 Å². The molecule has 1 aromatic carbocycles. The lowest BCUT2D eigenvalue weighted by atomic mass is 10.0. The third-order valence-electron chi connectivity index (χ3n) is 3.32. The molecule has 0 radical (unpaired) electrons. The van der Waals surface area contributed by atoms with Crippen molar-refractivity contribution in [3.63, 3.8) is 0 Å². The van der Waals surface area contributed by atoms with Crippen molar-refractivity contribution < 1.29 is 8.78 Å². The number of alkyl halides is 2. The molecule has 1 saturated heterocycles. The Morgan fingerprint density at radius 3 is 2.40 bits per heavy atom. The molecule has 0 amide bonds. The molecular weight excluding hydrogens is 329 g/mol. The largest absolute Gasteiger partial charge is 0.314 e. The Hall–Kier alpha value is -0.130. The molecule has 20 heavy (non-hydrogen) atoms. The summed E-state index contributed by atoms with van der Waals surface area (Å²) in [6.45, 7) is 3.11. The first-order valence-electron chi connectivity index (χ1n) is 6.26. The van der Waals surface area contributed by atoms with E-state index in [1.165, 1.54) is 0 Å². The van der Waals surface area contributed by atoms with Crippen molar-refractivity contribution in [3.05, 3.63) is 33.8 Å². The van der Waals surface area contributed by atoms with Gasteiger partial charge in [0.05, 0.1) is 0 Å². The molecule has 1 N–H and O–H groups in total. The summed E-state index contributed by atoms with van der Waals surface area (Å²) in [6, 6.07) is 4.70. The zero-order chi connectivity index (χ0) is 13.8. The van der Waals surface area contributed by atoms with E-state index in [2.05, 4.69) is 10.2 Å². The lowest BCUT2D eigenvalue weighted by molar-refractivity contribution is 0.0739. The fourth-order valence-corrected chi connectivity index (χ4v) is 2.94. The van der Waals surface area contributed by atoms with E-state index in [4.69, 9.17) is 23.2 Å². The van der Waals surface area contributed by atoms with Crippen LogP contribution in [0.25, 0.3) is 0 Å². The van der Waals surface area contributed by atoms with E-state index >= 15 is 0 Å². The molecule has 1 heterocycles. The maximum Gasteiger partial charge on any atom is 0.240 e. The molecule has 1 aliphatic rings. The van der Waals surface area contributed by atoms with Gasteiger partial charge in [0.2, 0.25) is 6.43 Å². The smallest absolute Gasteiger partial charge is 0.240 e. The van der Waals surface area contributed by atoms with Gasteiger partial charge in [-0.3, -0.25) is 4.90 Å². The Morgan fingerprint density at radius 2 is 1.85 bits per heavy atom. The zero-order valence-corrected chi connectivity index (χ0v) is 13.1. The maximum absolute atomic E-state index is 12.8. The van der Waals surface area contributed by atoms with Gasteiger partial charge in [-0.15, -0.1) is 12.4 Å². The van der Waals surface area contributed by atoms with Crippen LogP contribution < -0.4 is 5.32 Å². The summed E-state index contributed by atoms with van der Waals surface area (Å²) >= 11 is 12.0. The molecule has 0 unspecified atom stereocenters. The van der Waals surface area contributed by atoms with E-state index in [0.29, 0.717) is 10.0 Å². The molecule has 2 nitrogen and oxygen atoms in total. The summed E-state index contributed by atoms with van der Waals surface area (Å²) < 4.78 is 25.7. The average Bonchev–Trinajstić information content (AvgIpc) is 2.37. The number of piperazine rings is 1. The first kappa shape index (κ1) is 17.9. The number of hydrogen-bond donors (Lipinski definition) is 1. The quantitative estimate of drug-likeness (QED) is 0.887. The van der Waals surface area contributed by atoms with Gasteiger partial charge in [-0.1, -0.05) is 29.3 Å². The summed E-state index contributed by atoms with van der Waals surface area (Å²) in [7, 11) is 0. The number of halogens is 5. The van der Waals surface area contributed by atoms with Crippen LogP contribution >= 0.6 is 35.6 Å². The second-order valence-electron chi connectivity index (χ2n) is 4.59. The van der Waals surface area contributed by atoms with Crippen LogP contribution in [-0.4, -0.2) is 37.5 Å². The van der Waals surface area contributed by atoms with Crippen LogP contribution in [-0.2, 0) is 0 Å². The minimum Gasteiger partial charge on any atom is -0.314 e. The van der Waals surface area contributed by atoms with Crippen molar-refractivity contribution in [1.82, 2.24) is 10.2 Å². The van der Waals surface area contributed by atoms with E-state index in [9.17, 15) is 8.78 Å². The van der Waals surface area contributed by atoms with Gasteiger partial charge in [0.15, 0.2) is 0 Å². The highest BCUT2D eigenvalue weighted by Crippen LogP contribution is 2.33. The first-order valence-corrected chi connectivity index (χ1v) is 7.01. The number of rotatable bonds is 4. The van der Waals surface area contributed by atoms with Gasteiger partial charge >= 0.3 is 0 Å².